The van der Waals surface area contributed by atoms with E-state index in [4.69, 9.17) is 0 Å². The molecular formula is C9H12Br2. The second kappa shape index (κ2) is 2.88. The molecule has 0 aromatic heterocycles. The maximum absolute atomic E-state index is 3.71. The van der Waals surface area contributed by atoms with Crippen molar-refractivity contribution in [1.82, 2.24) is 0 Å². The Morgan fingerprint density at radius 2 is 2.09 bits per heavy atom. The lowest BCUT2D eigenvalue weighted by molar-refractivity contribution is 0.605. The molecule has 0 aliphatic heterocycles. The second-order valence-corrected chi connectivity index (χ2v) is 7.21. The van der Waals surface area contributed by atoms with Crippen LogP contribution < -0.4 is 0 Å². The summed E-state index contributed by atoms with van der Waals surface area (Å²) in [6.45, 7) is 0. The molecule has 0 amide bonds. The van der Waals surface area contributed by atoms with Gasteiger partial charge in [0.1, 0.15) is 0 Å². The fourth-order valence-corrected chi connectivity index (χ4v) is 3.63. The van der Waals surface area contributed by atoms with Crippen molar-refractivity contribution in [1.29, 1.82) is 0 Å². The second-order valence-electron chi connectivity index (χ2n) is 3.52. The number of hydrogen-bond donors (Lipinski definition) is 0. The van der Waals surface area contributed by atoms with Crippen LogP contribution in [0.5, 0.6) is 0 Å². The zero-order chi connectivity index (χ0) is 7.90. The van der Waals surface area contributed by atoms with Gasteiger partial charge in [-0.1, -0.05) is 50.4 Å². The molecule has 2 rings (SSSR count). The molecule has 0 spiro atoms. The predicted octanol–water partition coefficient (Wildman–Crippen LogP) is 3.85. The highest BCUT2D eigenvalue weighted by Gasteiger charge is 2.59. The molecule has 0 nitrogen and oxygen atoms in total. The smallest absolute Gasteiger partial charge is 0.0882 e. The van der Waals surface area contributed by atoms with Gasteiger partial charge in [0.05, 0.1) is 3.23 Å². The molecule has 0 unspecified atom stereocenters. The quantitative estimate of drug-likeness (QED) is 0.467. The third-order valence-electron chi connectivity index (χ3n) is 2.74. The van der Waals surface area contributed by atoms with Gasteiger partial charge in [0, 0.05) is 5.92 Å². The summed E-state index contributed by atoms with van der Waals surface area (Å²) in [5.41, 5.74) is 0. The van der Waals surface area contributed by atoms with Gasteiger partial charge in [0.2, 0.25) is 0 Å². The number of alkyl halides is 2. The average Bonchev–Trinajstić information content (AvgIpc) is 2.29. The highest BCUT2D eigenvalue weighted by atomic mass is 79.9. The van der Waals surface area contributed by atoms with Crippen molar-refractivity contribution in [3.63, 3.8) is 0 Å². The zero-order valence-electron chi connectivity index (χ0n) is 6.39. The third-order valence-corrected chi connectivity index (χ3v) is 4.98. The van der Waals surface area contributed by atoms with E-state index in [9.17, 15) is 0 Å². The maximum Gasteiger partial charge on any atom is 0.0905 e. The van der Waals surface area contributed by atoms with Crippen LogP contribution in [0.25, 0.3) is 0 Å². The third kappa shape index (κ3) is 1.44. The Bertz CT molecular complexity index is 184. The minimum Gasteiger partial charge on any atom is -0.0882 e. The minimum atomic E-state index is 0.265. The van der Waals surface area contributed by atoms with E-state index in [1.54, 1.807) is 0 Å². The zero-order valence-corrected chi connectivity index (χ0v) is 9.57. The van der Waals surface area contributed by atoms with Crippen molar-refractivity contribution in [3.05, 3.63) is 12.2 Å². The Labute approximate surface area is 84.7 Å². The first-order valence-electron chi connectivity index (χ1n) is 4.27. The van der Waals surface area contributed by atoms with E-state index >= 15 is 0 Å². The number of fused-ring (bicyclic) bond motifs is 1. The van der Waals surface area contributed by atoms with Gasteiger partial charge in [0.15, 0.2) is 0 Å². The molecule has 2 aliphatic carbocycles. The summed E-state index contributed by atoms with van der Waals surface area (Å²) in [6.07, 6.45) is 10.1. The van der Waals surface area contributed by atoms with Gasteiger partial charge in [-0.2, -0.15) is 0 Å². The molecule has 0 N–H and O–H groups in total. The van der Waals surface area contributed by atoms with Crippen LogP contribution in [-0.2, 0) is 0 Å². The van der Waals surface area contributed by atoms with E-state index in [1.807, 2.05) is 0 Å². The Kier molecular flexibility index (Phi) is 2.17. The van der Waals surface area contributed by atoms with E-state index in [-0.39, 0.29) is 3.23 Å². The van der Waals surface area contributed by atoms with E-state index in [1.165, 1.54) is 25.7 Å². The first-order chi connectivity index (χ1) is 5.23. The highest BCUT2D eigenvalue weighted by molar-refractivity contribution is 9.25. The Balaban J connectivity index is 2.07. The average molecular weight is 280 g/mol. The van der Waals surface area contributed by atoms with Crippen LogP contribution in [0.4, 0.5) is 0 Å². The van der Waals surface area contributed by atoms with Crippen molar-refractivity contribution in [3.8, 4) is 0 Å². The van der Waals surface area contributed by atoms with Crippen molar-refractivity contribution in [2.45, 2.75) is 28.9 Å². The minimum absolute atomic E-state index is 0.265. The standard InChI is InChI=1S/C9H12Br2/c10-9(11)7-5-3-1-2-4-6-8(7)9/h3,5,7-8H,1-2,4,6H2/t7-,8-/m1/s1. The Hall–Kier alpha value is 0.700. The Morgan fingerprint density at radius 3 is 2.91 bits per heavy atom. The molecule has 1 fully saturated rings. The van der Waals surface area contributed by atoms with Crippen LogP contribution in [0.1, 0.15) is 25.7 Å². The molecule has 0 aromatic rings. The first kappa shape index (κ1) is 8.31. The van der Waals surface area contributed by atoms with E-state index in [0.717, 1.165) is 11.8 Å². The molecule has 2 heteroatoms. The molecule has 0 aromatic carbocycles. The lowest BCUT2D eigenvalue weighted by Crippen LogP contribution is -1.88. The lowest BCUT2D eigenvalue weighted by Gasteiger charge is -1.99. The maximum atomic E-state index is 3.71. The van der Waals surface area contributed by atoms with Gasteiger partial charge >= 0.3 is 0 Å². The van der Waals surface area contributed by atoms with Crippen molar-refractivity contribution >= 4 is 31.9 Å². The van der Waals surface area contributed by atoms with Crippen LogP contribution in [-0.4, -0.2) is 3.23 Å². The summed E-state index contributed by atoms with van der Waals surface area (Å²) in [6, 6.07) is 0. The van der Waals surface area contributed by atoms with Crippen LogP contribution in [0.2, 0.25) is 0 Å². The lowest BCUT2D eigenvalue weighted by atomic mass is 10.1. The number of rotatable bonds is 0. The monoisotopic (exact) mass is 278 g/mol. The molecule has 0 heterocycles. The van der Waals surface area contributed by atoms with Crippen molar-refractivity contribution < 1.29 is 0 Å². The van der Waals surface area contributed by atoms with Crippen LogP contribution in [0.3, 0.4) is 0 Å². The highest BCUT2D eigenvalue weighted by Crippen LogP contribution is 2.64. The summed E-state index contributed by atoms with van der Waals surface area (Å²) in [5.74, 6) is 1.60. The van der Waals surface area contributed by atoms with Gasteiger partial charge in [-0.3, -0.25) is 0 Å². The van der Waals surface area contributed by atoms with Gasteiger partial charge in [-0.05, 0) is 25.2 Å². The Morgan fingerprint density at radius 1 is 1.27 bits per heavy atom. The molecular weight excluding hydrogens is 268 g/mol. The topological polar surface area (TPSA) is 0 Å². The number of hydrogen-bond acceptors (Lipinski definition) is 0. The molecule has 11 heavy (non-hydrogen) atoms. The molecule has 1 saturated carbocycles. The summed E-state index contributed by atoms with van der Waals surface area (Å²) in [5, 5.41) is 0. The SMILES string of the molecule is BrC1(Br)[C@@H]2C=CCCCC[C@H]21. The molecule has 0 radical (unpaired) electrons. The van der Waals surface area contributed by atoms with Gasteiger partial charge in [-0.15, -0.1) is 0 Å². The fourth-order valence-electron chi connectivity index (χ4n) is 1.92. The number of halogens is 2. The summed E-state index contributed by atoms with van der Waals surface area (Å²) < 4.78 is 0.265. The molecule has 2 aliphatic rings. The summed E-state index contributed by atoms with van der Waals surface area (Å²) in [4.78, 5) is 0. The van der Waals surface area contributed by atoms with Crippen LogP contribution >= 0.6 is 31.9 Å². The molecule has 0 bridgehead atoms. The normalized spacial score (nSPS) is 40.5. The summed E-state index contributed by atoms with van der Waals surface area (Å²) >= 11 is 7.43. The number of allylic oxidation sites excluding steroid dienone is 2. The van der Waals surface area contributed by atoms with Gasteiger partial charge < -0.3 is 0 Å². The van der Waals surface area contributed by atoms with E-state index < -0.39 is 0 Å². The van der Waals surface area contributed by atoms with Gasteiger partial charge in [0.25, 0.3) is 0 Å². The van der Waals surface area contributed by atoms with Crippen LogP contribution in [0, 0.1) is 11.8 Å². The van der Waals surface area contributed by atoms with Crippen LogP contribution in [0.15, 0.2) is 12.2 Å². The molecule has 0 saturated heterocycles. The summed E-state index contributed by atoms with van der Waals surface area (Å²) in [7, 11) is 0. The fraction of sp³-hybridized carbons (Fsp3) is 0.778. The molecule has 2 atom stereocenters. The first-order valence-corrected chi connectivity index (χ1v) is 5.86. The predicted molar refractivity (Wildman–Crippen MR) is 55.2 cm³/mol. The molecule has 62 valence electrons. The van der Waals surface area contributed by atoms with Crippen molar-refractivity contribution in [2.24, 2.45) is 11.8 Å². The van der Waals surface area contributed by atoms with E-state index in [0.29, 0.717) is 0 Å². The van der Waals surface area contributed by atoms with E-state index in [2.05, 4.69) is 44.0 Å². The van der Waals surface area contributed by atoms with Gasteiger partial charge in [-0.25, -0.2) is 0 Å². The largest absolute Gasteiger partial charge is 0.0905 e. The van der Waals surface area contributed by atoms with Crippen molar-refractivity contribution in [2.75, 3.05) is 0 Å².